The first-order valence-corrected chi connectivity index (χ1v) is 11.0. The summed E-state index contributed by atoms with van der Waals surface area (Å²) in [5.41, 5.74) is 3.02. The topological polar surface area (TPSA) is 101 Å². The number of rotatable bonds is 4. The summed E-state index contributed by atoms with van der Waals surface area (Å²) >= 11 is 5.93. The highest BCUT2D eigenvalue weighted by molar-refractivity contribution is 6.30. The fraction of sp³-hybridized carbons (Fsp3) is 0.0357. The molecule has 0 amide bonds. The predicted molar refractivity (Wildman–Crippen MR) is 131 cm³/mol. The quantitative estimate of drug-likeness (QED) is 0.244. The summed E-state index contributed by atoms with van der Waals surface area (Å²) in [5, 5.41) is 20.7. The molecule has 0 unspecified atom stereocenters. The average Bonchev–Trinajstić information content (AvgIpc) is 2.86. The van der Waals surface area contributed by atoms with Crippen molar-refractivity contribution < 1.29 is 19.1 Å². The standard InChI is InChI=1S/C28H16ClNO5/c29-18-4-1-16(2-5-18)15-34-28(33)21-8-3-17(14-30)11-24(21)27-22-9-6-19(31)12-25(22)35-26-13-20(32)7-10-23(26)27/h1-13,31H,15H2. The molecule has 0 saturated heterocycles. The van der Waals surface area contributed by atoms with Gasteiger partial charge >= 0.3 is 5.97 Å². The van der Waals surface area contributed by atoms with E-state index < -0.39 is 5.97 Å². The van der Waals surface area contributed by atoms with E-state index in [-0.39, 0.29) is 29.1 Å². The van der Waals surface area contributed by atoms with E-state index in [0.29, 0.717) is 38.2 Å². The first-order chi connectivity index (χ1) is 16.9. The van der Waals surface area contributed by atoms with Crippen molar-refractivity contribution in [1.29, 1.82) is 5.26 Å². The van der Waals surface area contributed by atoms with Crippen molar-refractivity contribution in [2.24, 2.45) is 0 Å². The van der Waals surface area contributed by atoms with Crippen LogP contribution in [0, 0.1) is 11.3 Å². The molecule has 1 N–H and O–H groups in total. The number of fused-ring (bicyclic) bond motifs is 2. The van der Waals surface area contributed by atoms with Crippen LogP contribution >= 0.6 is 11.6 Å². The van der Waals surface area contributed by atoms with Crippen LogP contribution < -0.4 is 5.43 Å². The molecule has 1 heterocycles. The van der Waals surface area contributed by atoms with Crippen molar-refractivity contribution in [3.63, 3.8) is 0 Å². The Balaban J connectivity index is 1.69. The zero-order valence-corrected chi connectivity index (χ0v) is 18.9. The summed E-state index contributed by atoms with van der Waals surface area (Å²) in [7, 11) is 0. The van der Waals surface area contributed by atoms with Gasteiger partial charge in [-0.15, -0.1) is 0 Å². The molecule has 3 aromatic carbocycles. The van der Waals surface area contributed by atoms with Gasteiger partial charge in [0.05, 0.1) is 17.2 Å². The summed E-state index contributed by atoms with van der Waals surface area (Å²) in [5.74, 6) is -0.313. The van der Waals surface area contributed by atoms with Gasteiger partial charge in [0, 0.05) is 33.7 Å². The minimum Gasteiger partial charge on any atom is -0.508 e. The summed E-state index contributed by atoms with van der Waals surface area (Å²) in [6.07, 6.45) is 0. The van der Waals surface area contributed by atoms with Gasteiger partial charge in [0.2, 0.25) is 0 Å². The number of nitrogens with zero attached hydrogens (tertiary/aromatic N) is 1. The Morgan fingerprint density at radius 1 is 0.971 bits per heavy atom. The SMILES string of the molecule is N#Cc1ccc(C(=O)OCc2ccc(Cl)cc2)c(-c2c3ccc(=O)cc-3oc3cc(O)ccc23)c1. The molecule has 35 heavy (non-hydrogen) atoms. The van der Waals surface area contributed by atoms with Gasteiger partial charge in [-0.05, 0) is 65.7 Å². The van der Waals surface area contributed by atoms with E-state index in [1.54, 1.807) is 54.6 Å². The van der Waals surface area contributed by atoms with E-state index in [2.05, 4.69) is 6.07 Å². The summed E-state index contributed by atoms with van der Waals surface area (Å²) < 4.78 is 11.5. The molecule has 3 aromatic rings. The van der Waals surface area contributed by atoms with Gasteiger partial charge in [-0.25, -0.2) is 4.79 Å². The molecule has 0 atom stereocenters. The highest BCUT2D eigenvalue weighted by Gasteiger charge is 2.23. The van der Waals surface area contributed by atoms with E-state index in [9.17, 15) is 20.0 Å². The van der Waals surface area contributed by atoms with Crippen LogP contribution in [-0.2, 0) is 11.3 Å². The van der Waals surface area contributed by atoms with E-state index in [0.717, 1.165) is 5.56 Å². The monoisotopic (exact) mass is 481 g/mol. The second-order valence-electron chi connectivity index (χ2n) is 7.89. The number of halogens is 1. The fourth-order valence-corrected chi connectivity index (χ4v) is 4.08. The smallest absolute Gasteiger partial charge is 0.339 e. The number of carbonyl (C=O) groups is 1. The third-order valence-corrected chi connectivity index (χ3v) is 5.85. The number of hydrogen-bond acceptors (Lipinski definition) is 6. The Bertz CT molecular complexity index is 1660. The van der Waals surface area contributed by atoms with E-state index in [1.165, 1.54) is 24.3 Å². The lowest BCUT2D eigenvalue weighted by Crippen LogP contribution is -2.08. The Morgan fingerprint density at radius 3 is 2.54 bits per heavy atom. The Hall–Kier alpha value is -4.60. The van der Waals surface area contributed by atoms with Crippen molar-refractivity contribution in [1.82, 2.24) is 0 Å². The van der Waals surface area contributed by atoms with Gasteiger partial charge in [0.1, 0.15) is 23.7 Å². The van der Waals surface area contributed by atoms with Gasteiger partial charge in [-0.3, -0.25) is 4.79 Å². The highest BCUT2D eigenvalue weighted by atomic mass is 35.5. The van der Waals surface area contributed by atoms with Crippen molar-refractivity contribution in [3.8, 4) is 34.3 Å². The predicted octanol–water partition coefficient (Wildman–Crippen LogP) is 6.15. The second kappa shape index (κ2) is 8.98. The maximum absolute atomic E-state index is 13.2. The van der Waals surface area contributed by atoms with E-state index in [4.69, 9.17) is 20.8 Å². The Kier molecular flexibility index (Phi) is 5.69. The van der Waals surface area contributed by atoms with Crippen LogP contribution in [0.1, 0.15) is 21.5 Å². The molecule has 1 aliphatic carbocycles. The van der Waals surface area contributed by atoms with Gasteiger partial charge in [0.15, 0.2) is 5.43 Å². The van der Waals surface area contributed by atoms with Crippen molar-refractivity contribution in [3.05, 3.63) is 111 Å². The molecular weight excluding hydrogens is 466 g/mol. The number of nitriles is 1. The molecule has 0 spiro atoms. The summed E-state index contributed by atoms with van der Waals surface area (Å²) in [6, 6.07) is 22.7. The Labute approximate surface area is 204 Å². The number of benzene rings is 4. The first-order valence-electron chi connectivity index (χ1n) is 10.6. The molecule has 0 bridgehead atoms. The zero-order valence-electron chi connectivity index (χ0n) is 18.1. The number of aromatic hydroxyl groups is 1. The van der Waals surface area contributed by atoms with Crippen LogP contribution in [0.5, 0.6) is 5.75 Å². The normalized spacial score (nSPS) is 10.9. The molecule has 1 aliphatic heterocycles. The molecule has 0 fully saturated rings. The van der Waals surface area contributed by atoms with Gasteiger partial charge < -0.3 is 14.3 Å². The summed E-state index contributed by atoms with van der Waals surface area (Å²) in [4.78, 5) is 25.2. The highest BCUT2D eigenvalue weighted by Crippen LogP contribution is 2.42. The zero-order chi connectivity index (χ0) is 24.5. The maximum Gasteiger partial charge on any atom is 0.339 e. The lowest BCUT2D eigenvalue weighted by Gasteiger charge is -2.17. The number of hydrogen-bond donors (Lipinski definition) is 1. The van der Waals surface area contributed by atoms with Crippen LogP contribution in [0.3, 0.4) is 0 Å². The van der Waals surface area contributed by atoms with Crippen LogP contribution in [0.15, 0.2) is 88.1 Å². The third kappa shape index (κ3) is 4.33. The van der Waals surface area contributed by atoms with Crippen LogP contribution in [0.25, 0.3) is 33.4 Å². The minimum atomic E-state index is -0.583. The number of ether oxygens (including phenoxy) is 1. The number of phenolic OH excluding ortho intramolecular Hbond substituents is 1. The molecule has 0 saturated carbocycles. The molecule has 170 valence electrons. The molecular formula is C28H16ClNO5. The van der Waals surface area contributed by atoms with Crippen molar-refractivity contribution >= 4 is 28.5 Å². The third-order valence-electron chi connectivity index (χ3n) is 5.60. The first kappa shape index (κ1) is 22.2. The number of esters is 1. The summed E-state index contributed by atoms with van der Waals surface area (Å²) in [6.45, 7) is 0.0362. The molecule has 6 nitrogen and oxygen atoms in total. The van der Waals surface area contributed by atoms with Crippen molar-refractivity contribution in [2.45, 2.75) is 6.61 Å². The van der Waals surface area contributed by atoms with Crippen LogP contribution in [0.2, 0.25) is 5.02 Å². The maximum atomic E-state index is 13.2. The molecule has 5 rings (SSSR count). The minimum absolute atomic E-state index is 0.0156. The number of carbonyl (C=O) groups excluding carboxylic acids is 1. The molecule has 0 radical (unpaired) electrons. The lowest BCUT2D eigenvalue weighted by molar-refractivity contribution is 0.0473. The van der Waals surface area contributed by atoms with E-state index in [1.807, 2.05) is 0 Å². The lowest BCUT2D eigenvalue weighted by atomic mass is 9.90. The van der Waals surface area contributed by atoms with Crippen LogP contribution in [-0.4, -0.2) is 11.1 Å². The number of phenols is 1. The van der Waals surface area contributed by atoms with Gasteiger partial charge in [-0.2, -0.15) is 5.26 Å². The largest absolute Gasteiger partial charge is 0.508 e. The molecule has 0 aromatic heterocycles. The Morgan fingerprint density at radius 2 is 1.77 bits per heavy atom. The molecule has 2 aliphatic rings. The molecule has 7 heteroatoms. The van der Waals surface area contributed by atoms with Crippen LogP contribution in [0.4, 0.5) is 0 Å². The van der Waals surface area contributed by atoms with E-state index >= 15 is 0 Å². The van der Waals surface area contributed by atoms with Crippen molar-refractivity contribution in [2.75, 3.05) is 0 Å². The van der Waals surface area contributed by atoms with Gasteiger partial charge in [-0.1, -0.05) is 23.7 Å². The average molecular weight is 482 g/mol. The van der Waals surface area contributed by atoms with Gasteiger partial charge in [0.25, 0.3) is 0 Å². The second-order valence-corrected chi connectivity index (χ2v) is 8.33. The fourth-order valence-electron chi connectivity index (χ4n) is 3.96.